The molecule has 3 amide bonds. The quantitative estimate of drug-likeness (QED) is 0.469. The normalized spacial score (nSPS) is 15.5. The summed E-state index contributed by atoms with van der Waals surface area (Å²) in [5.41, 5.74) is 1.08. The first-order valence-corrected chi connectivity index (χ1v) is 9.91. The number of anilines is 1. The van der Waals surface area contributed by atoms with E-state index in [9.17, 15) is 19.5 Å². The average molecular weight is 515 g/mol. The number of nitrogens with one attached hydrogen (secondary N) is 1. The van der Waals surface area contributed by atoms with Gasteiger partial charge in [0.1, 0.15) is 12.3 Å². The van der Waals surface area contributed by atoms with Crippen LogP contribution in [0.4, 0.5) is 10.5 Å². The second-order valence-corrected chi connectivity index (χ2v) is 8.07. The number of benzene rings is 2. The van der Waals surface area contributed by atoms with Crippen LogP contribution in [0.3, 0.4) is 0 Å². The summed E-state index contributed by atoms with van der Waals surface area (Å²) in [7, 11) is 0. The molecule has 9 heteroatoms. The molecular formula is C18H12ClIN2O4S. The molecule has 27 heavy (non-hydrogen) atoms. The summed E-state index contributed by atoms with van der Waals surface area (Å²) in [4.78, 5) is 37.9. The van der Waals surface area contributed by atoms with Crippen molar-refractivity contribution in [1.82, 2.24) is 4.90 Å². The second-order valence-electron chi connectivity index (χ2n) is 5.51. The summed E-state index contributed by atoms with van der Waals surface area (Å²) < 4.78 is 0.625. The van der Waals surface area contributed by atoms with Gasteiger partial charge in [-0.1, -0.05) is 29.8 Å². The number of imide groups is 1. The van der Waals surface area contributed by atoms with Gasteiger partial charge in [0.25, 0.3) is 11.1 Å². The molecular weight excluding hydrogens is 503 g/mol. The Balaban J connectivity index is 1.72. The summed E-state index contributed by atoms with van der Waals surface area (Å²) >= 11 is 8.72. The first-order chi connectivity index (χ1) is 12.8. The number of carbonyl (C=O) groups excluding carboxylic acids is 3. The van der Waals surface area contributed by atoms with Crippen molar-refractivity contribution in [1.29, 1.82) is 0 Å². The molecule has 0 spiro atoms. The third-order valence-corrected chi connectivity index (χ3v) is 5.69. The number of phenols is 1. The Kier molecular flexibility index (Phi) is 6.08. The third kappa shape index (κ3) is 4.63. The number of aromatic hydroxyl groups is 1. The Morgan fingerprint density at radius 2 is 2.00 bits per heavy atom. The first-order valence-electron chi connectivity index (χ1n) is 7.63. The van der Waals surface area contributed by atoms with Crippen LogP contribution in [0.2, 0.25) is 5.02 Å². The molecule has 6 nitrogen and oxygen atoms in total. The Labute approximate surface area is 177 Å². The summed E-state index contributed by atoms with van der Waals surface area (Å²) in [6.07, 6.45) is 1.55. The van der Waals surface area contributed by atoms with Crippen LogP contribution < -0.4 is 5.32 Å². The fourth-order valence-corrected chi connectivity index (χ4v) is 3.86. The summed E-state index contributed by atoms with van der Waals surface area (Å²) in [6.45, 7) is -0.402. The number of hydrogen-bond donors (Lipinski definition) is 2. The van der Waals surface area contributed by atoms with Gasteiger partial charge in [-0.15, -0.1) is 0 Å². The maximum Gasteiger partial charge on any atom is 0.294 e. The Bertz CT molecular complexity index is 980. The summed E-state index contributed by atoms with van der Waals surface area (Å²) in [5, 5.41) is 12.0. The molecule has 0 unspecified atom stereocenters. The molecule has 138 valence electrons. The molecule has 0 radical (unpaired) electrons. The van der Waals surface area contributed by atoms with Crippen molar-refractivity contribution >= 4 is 74.8 Å². The summed E-state index contributed by atoms with van der Waals surface area (Å²) in [6, 6.07) is 11.5. The van der Waals surface area contributed by atoms with E-state index in [1.807, 2.05) is 22.6 Å². The number of nitrogens with zero attached hydrogens (tertiary/aromatic N) is 1. The molecule has 0 aliphatic carbocycles. The number of hydrogen-bond acceptors (Lipinski definition) is 5. The van der Waals surface area contributed by atoms with Gasteiger partial charge < -0.3 is 10.4 Å². The molecule has 0 saturated carbocycles. The van der Waals surface area contributed by atoms with Gasteiger partial charge in [0, 0.05) is 0 Å². The fraction of sp³-hybridized carbons (Fsp3) is 0.0556. The average Bonchev–Trinajstić information content (AvgIpc) is 2.88. The van der Waals surface area contributed by atoms with Crippen LogP contribution in [0, 0.1) is 3.57 Å². The molecule has 0 bridgehead atoms. The van der Waals surface area contributed by atoms with Crippen molar-refractivity contribution in [3.05, 3.63) is 61.5 Å². The van der Waals surface area contributed by atoms with Gasteiger partial charge in [-0.3, -0.25) is 19.3 Å². The van der Waals surface area contributed by atoms with E-state index in [-0.39, 0.29) is 10.7 Å². The van der Waals surface area contributed by atoms with E-state index in [0.717, 1.165) is 16.7 Å². The number of halogens is 2. The molecule has 1 aliphatic rings. The van der Waals surface area contributed by atoms with E-state index in [4.69, 9.17) is 11.6 Å². The minimum absolute atomic E-state index is 0.136. The largest absolute Gasteiger partial charge is 0.507 e. The third-order valence-electron chi connectivity index (χ3n) is 3.59. The molecule has 0 atom stereocenters. The van der Waals surface area contributed by atoms with Crippen molar-refractivity contribution in [2.24, 2.45) is 0 Å². The van der Waals surface area contributed by atoms with Crippen molar-refractivity contribution in [2.75, 3.05) is 11.9 Å². The Hall–Kier alpha value is -2.04. The number of thioether (sulfide) groups is 1. The van der Waals surface area contributed by atoms with Crippen LogP contribution >= 0.6 is 46.0 Å². The van der Waals surface area contributed by atoms with Crippen molar-refractivity contribution in [3.8, 4) is 5.75 Å². The summed E-state index contributed by atoms with van der Waals surface area (Å²) in [5.74, 6) is -0.926. The van der Waals surface area contributed by atoms with Gasteiger partial charge in [-0.05, 0) is 70.3 Å². The Morgan fingerprint density at radius 1 is 1.26 bits per heavy atom. The minimum atomic E-state index is -0.539. The molecule has 1 saturated heterocycles. The van der Waals surface area contributed by atoms with Crippen molar-refractivity contribution < 1.29 is 19.5 Å². The van der Waals surface area contributed by atoms with Gasteiger partial charge in [0.2, 0.25) is 5.91 Å². The number of carbonyl (C=O) groups is 3. The van der Waals surface area contributed by atoms with Crippen LogP contribution in [-0.4, -0.2) is 33.6 Å². The topological polar surface area (TPSA) is 86.7 Å². The first kappa shape index (κ1) is 19.7. The van der Waals surface area contributed by atoms with Crippen LogP contribution in [0.1, 0.15) is 5.56 Å². The SMILES string of the molecule is O=C(CN1C(=O)S/C(=C/c2ccc(O)c(I)c2)C1=O)Nc1ccccc1Cl. The zero-order valence-corrected chi connectivity index (χ0v) is 17.3. The van der Waals surface area contributed by atoms with Gasteiger partial charge in [-0.25, -0.2) is 0 Å². The van der Waals surface area contributed by atoms with Crippen LogP contribution in [0.15, 0.2) is 47.4 Å². The van der Waals surface area contributed by atoms with E-state index in [1.54, 1.807) is 42.5 Å². The highest BCUT2D eigenvalue weighted by molar-refractivity contribution is 14.1. The zero-order chi connectivity index (χ0) is 19.6. The molecule has 2 aromatic rings. The smallest absolute Gasteiger partial charge is 0.294 e. The highest BCUT2D eigenvalue weighted by atomic mass is 127. The van der Waals surface area contributed by atoms with E-state index in [2.05, 4.69) is 5.32 Å². The lowest BCUT2D eigenvalue weighted by Crippen LogP contribution is -2.36. The predicted octanol–water partition coefficient (Wildman–Crippen LogP) is 4.33. The van der Waals surface area contributed by atoms with Gasteiger partial charge in [0.15, 0.2) is 0 Å². The number of para-hydroxylation sites is 1. The van der Waals surface area contributed by atoms with Gasteiger partial charge >= 0.3 is 0 Å². The number of amides is 3. The maximum atomic E-state index is 12.5. The molecule has 2 aromatic carbocycles. The van der Waals surface area contributed by atoms with Crippen molar-refractivity contribution in [2.45, 2.75) is 0 Å². The van der Waals surface area contributed by atoms with E-state index in [0.29, 0.717) is 19.8 Å². The molecule has 1 heterocycles. The zero-order valence-electron chi connectivity index (χ0n) is 13.6. The predicted molar refractivity (Wildman–Crippen MR) is 114 cm³/mol. The van der Waals surface area contributed by atoms with Crippen LogP contribution in [0.5, 0.6) is 5.75 Å². The van der Waals surface area contributed by atoms with Gasteiger partial charge in [-0.2, -0.15) is 0 Å². The molecule has 1 fully saturated rings. The van der Waals surface area contributed by atoms with E-state index >= 15 is 0 Å². The standard InChI is InChI=1S/C18H12ClIN2O4S/c19-11-3-1-2-4-13(11)21-16(24)9-22-17(25)15(27-18(22)26)8-10-5-6-14(23)12(20)7-10/h1-8,23H,9H2,(H,21,24)/b15-8+. The second kappa shape index (κ2) is 8.32. The highest BCUT2D eigenvalue weighted by Gasteiger charge is 2.36. The van der Waals surface area contributed by atoms with Crippen molar-refractivity contribution in [3.63, 3.8) is 0 Å². The van der Waals surface area contributed by atoms with Gasteiger partial charge in [0.05, 0.1) is 19.2 Å². The molecule has 0 aromatic heterocycles. The molecule has 1 aliphatic heterocycles. The monoisotopic (exact) mass is 514 g/mol. The van der Waals surface area contributed by atoms with Crippen LogP contribution in [-0.2, 0) is 9.59 Å². The molecule has 3 rings (SSSR count). The lowest BCUT2D eigenvalue weighted by Gasteiger charge is -2.13. The maximum absolute atomic E-state index is 12.5. The Morgan fingerprint density at radius 3 is 2.70 bits per heavy atom. The highest BCUT2D eigenvalue weighted by Crippen LogP contribution is 2.33. The van der Waals surface area contributed by atoms with E-state index < -0.39 is 23.6 Å². The lowest BCUT2D eigenvalue weighted by atomic mass is 10.2. The van der Waals surface area contributed by atoms with E-state index in [1.165, 1.54) is 6.07 Å². The number of phenolic OH excluding ortho intramolecular Hbond substituents is 1. The number of rotatable bonds is 4. The fourth-order valence-electron chi connectivity index (χ4n) is 2.30. The lowest BCUT2D eigenvalue weighted by molar-refractivity contribution is -0.127. The minimum Gasteiger partial charge on any atom is -0.507 e. The van der Waals surface area contributed by atoms with Crippen LogP contribution in [0.25, 0.3) is 6.08 Å². The molecule has 2 N–H and O–H groups in total.